The number of likely N-dealkylation sites (tertiary alicyclic amines) is 1. The van der Waals surface area contributed by atoms with E-state index in [2.05, 4.69) is 0 Å². The molecule has 1 aromatic carbocycles. The second-order valence-electron chi connectivity index (χ2n) is 7.03. The molecule has 0 aliphatic carbocycles. The first kappa shape index (κ1) is 19.3. The summed E-state index contributed by atoms with van der Waals surface area (Å²) < 4.78 is 40.3. The Bertz CT molecular complexity index is 755. The normalized spacial score (nSPS) is 20.3. The Morgan fingerprint density at radius 2 is 1.69 bits per heavy atom. The van der Waals surface area contributed by atoms with E-state index in [1.54, 1.807) is 6.92 Å². The van der Waals surface area contributed by atoms with Crippen LogP contribution in [-0.2, 0) is 14.8 Å². The van der Waals surface area contributed by atoms with Gasteiger partial charge in [0.05, 0.1) is 11.4 Å². The van der Waals surface area contributed by atoms with Crippen LogP contribution in [-0.4, -0.2) is 74.2 Å². The number of aryl methyl sites for hydroxylation is 1. The van der Waals surface area contributed by atoms with Crippen LogP contribution < -0.4 is 0 Å². The third kappa shape index (κ3) is 4.24. The van der Waals surface area contributed by atoms with Gasteiger partial charge in [0.1, 0.15) is 5.82 Å². The molecule has 2 heterocycles. The molecule has 2 saturated heterocycles. The molecule has 144 valence electrons. The van der Waals surface area contributed by atoms with Crippen LogP contribution in [0.1, 0.15) is 24.8 Å². The maximum atomic E-state index is 13.3. The third-order valence-corrected chi connectivity index (χ3v) is 7.21. The Labute approximate surface area is 154 Å². The number of halogens is 1. The second-order valence-corrected chi connectivity index (χ2v) is 8.94. The molecule has 2 aliphatic heterocycles. The van der Waals surface area contributed by atoms with Gasteiger partial charge < -0.3 is 4.90 Å². The van der Waals surface area contributed by atoms with Gasteiger partial charge in [-0.3, -0.25) is 9.69 Å². The number of hydrogen-bond donors (Lipinski definition) is 0. The summed E-state index contributed by atoms with van der Waals surface area (Å²) in [6.45, 7) is 5.35. The highest BCUT2D eigenvalue weighted by atomic mass is 32.2. The van der Waals surface area contributed by atoms with Crippen molar-refractivity contribution in [2.24, 2.45) is 0 Å². The van der Waals surface area contributed by atoms with Crippen molar-refractivity contribution in [3.05, 3.63) is 29.6 Å². The minimum absolute atomic E-state index is 0.135. The summed E-state index contributed by atoms with van der Waals surface area (Å²) in [5.74, 6) is -0.308. The fourth-order valence-corrected chi connectivity index (χ4v) is 5.23. The van der Waals surface area contributed by atoms with Crippen LogP contribution in [0.25, 0.3) is 0 Å². The first-order valence-electron chi connectivity index (χ1n) is 9.14. The average Bonchev–Trinajstić information content (AvgIpc) is 2.62. The number of hydrogen-bond acceptors (Lipinski definition) is 4. The highest BCUT2D eigenvalue weighted by Crippen LogP contribution is 2.22. The molecule has 6 nitrogen and oxygen atoms in total. The van der Waals surface area contributed by atoms with E-state index >= 15 is 0 Å². The zero-order valence-corrected chi connectivity index (χ0v) is 16.0. The van der Waals surface area contributed by atoms with E-state index in [1.165, 1.54) is 28.9 Å². The Morgan fingerprint density at radius 3 is 2.31 bits per heavy atom. The highest BCUT2D eigenvalue weighted by molar-refractivity contribution is 7.89. The van der Waals surface area contributed by atoms with Gasteiger partial charge in [-0.15, -0.1) is 0 Å². The molecule has 0 spiro atoms. The fourth-order valence-electron chi connectivity index (χ4n) is 3.60. The first-order valence-corrected chi connectivity index (χ1v) is 10.6. The Morgan fingerprint density at radius 1 is 1.04 bits per heavy atom. The van der Waals surface area contributed by atoms with Crippen molar-refractivity contribution in [2.45, 2.75) is 31.1 Å². The minimum atomic E-state index is -3.64. The molecule has 0 N–H and O–H groups in total. The molecule has 0 atom stereocenters. The maximum Gasteiger partial charge on any atom is 0.243 e. The SMILES string of the molecule is Cc1cc(F)ccc1S(=O)(=O)N1CCN(CC(=O)N2CCCCC2)CC1. The van der Waals surface area contributed by atoms with Crippen molar-refractivity contribution in [3.8, 4) is 0 Å². The van der Waals surface area contributed by atoms with Crippen molar-refractivity contribution in [1.82, 2.24) is 14.1 Å². The van der Waals surface area contributed by atoms with E-state index < -0.39 is 15.8 Å². The van der Waals surface area contributed by atoms with Crippen LogP contribution in [0.3, 0.4) is 0 Å². The molecule has 8 heteroatoms. The van der Waals surface area contributed by atoms with E-state index in [0.29, 0.717) is 38.3 Å². The largest absolute Gasteiger partial charge is 0.342 e. The van der Waals surface area contributed by atoms with Gasteiger partial charge in [-0.05, 0) is 49.9 Å². The van der Waals surface area contributed by atoms with Gasteiger partial charge >= 0.3 is 0 Å². The van der Waals surface area contributed by atoms with E-state index in [-0.39, 0.29) is 10.8 Å². The van der Waals surface area contributed by atoms with Crippen molar-refractivity contribution in [3.63, 3.8) is 0 Å². The highest BCUT2D eigenvalue weighted by Gasteiger charge is 2.30. The van der Waals surface area contributed by atoms with E-state index in [4.69, 9.17) is 0 Å². The topological polar surface area (TPSA) is 60.9 Å². The van der Waals surface area contributed by atoms with Gasteiger partial charge in [0.25, 0.3) is 0 Å². The van der Waals surface area contributed by atoms with Crippen molar-refractivity contribution in [1.29, 1.82) is 0 Å². The zero-order valence-electron chi connectivity index (χ0n) is 15.2. The lowest BCUT2D eigenvalue weighted by Crippen LogP contribution is -2.52. The zero-order chi connectivity index (χ0) is 18.7. The van der Waals surface area contributed by atoms with Crippen molar-refractivity contribution in [2.75, 3.05) is 45.8 Å². The van der Waals surface area contributed by atoms with Crippen molar-refractivity contribution < 1.29 is 17.6 Å². The van der Waals surface area contributed by atoms with Crippen LogP contribution in [0.2, 0.25) is 0 Å². The summed E-state index contributed by atoms with van der Waals surface area (Å²) in [6.07, 6.45) is 3.31. The molecule has 26 heavy (non-hydrogen) atoms. The molecule has 0 bridgehead atoms. The number of benzene rings is 1. The number of carbonyl (C=O) groups excluding carboxylic acids is 1. The van der Waals surface area contributed by atoms with Gasteiger partial charge in [0.15, 0.2) is 0 Å². The first-order chi connectivity index (χ1) is 12.4. The molecule has 1 aromatic rings. The molecular formula is C18H26FN3O3S. The Hall–Kier alpha value is -1.51. The average molecular weight is 383 g/mol. The summed E-state index contributed by atoms with van der Waals surface area (Å²) >= 11 is 0. The predicted molar refractivity (Wildman–Crippen MR) is 96.8 cm³/mol. The summed E-state index contributed by atoms with van der Waals surface area (Å²) in [7, 11) is -3.64. The number of piperidine rings is 1. The number of rotatable bonds is 4. The van der Waals surface area contributed by atoms with Gasteiger partial charge in [0.2, 0.25) is 15.9 Å². The Kier molecular flexibility index (Phi) is 5.94. The molecular weight excluding hydrogens is 357 g/mol. The molecule has 0 saturated carbocycles. The van der Waals surface area contributed by atoms with Crippen LogP contribution >= 0.6 is 0 Å². The smallest absolute Gasteiger partial charge is 0.243 e. The summed E-state index contributed by atoms with van der Waals surface area (Å²) in [5, 5.41) is 0. The lowest BCUT2D eigenvalue weighted by atomic mass is 10.1. The van der Waals surface area contributed by atoms with E-state index in [0.717, 1.165) is 25.9 Å². The standard InChI is InChI=1S/C18H26FN3O3S/c1-15-13-16(19)5-6-17(15)26(24,25)22-11-9-20(10-12-22)14-18(23)21-7-3-2-4-8-21/h5-6,13H,2-4,7-12,14H2,1H3. The van der Waals surface area contributed by atoms with Gasteiger partial charge in [-0.1, -0.05) is 0 Å². The van der Waals surface area contributed by atoms with Crippen LogP contribution in [0, 0.1) is 12.7 Å². The Balaban J connectivity index is 1.58. The van der Waals surface area contributed by atoms with Gasteiger partial charge in [-0.2, -0.15) is 4.31 Å². The van der Waals surface area contributed by atoms with Gasteiger partial charge in [0, 0.05) is 39.3 Å². The van der Waals surface area contributed by atoms with Crippen LogP contribution in [0.5, 0.6) is 0 Å². The van der Waals surface area contributed by atoms with Gasteiger partial charge in [-0.25, -0.2) is 12.8 Å². The third-order valence-electron chi connectivity index (χ3n) is 5.15. The monoisotopic (exact) mass is 383 g/mol. The maximum absolute atomic E-state index is 13.3. The summed E-state index contributed by atoms with van der Waals surface area (Å²) in [6, 6.07) is 3.74. The quantitative estimate of drug-likeness (QED) is 0.790. The molecule has 0 unspecified atom stereocenters. The molecule has 0 radical (unpaired) electrons. The fraction of sp³-hybridized carbons (Fsp3) is 0.611. The van der Waals surface area contributed by atoms with E-state index in [9.17, 15) is 17.6 Å². The lowest BCUT2D eigenvalue weighted by Gasteiger charge is -2.35. The number of piperazine rings is 1. The molecule has 2 aliphatic rings. The second kappa shape index (κ2) is 8.02. The summed E-state index contributed by atoms with van der Waals surface area (Å²) in [4.78, 5) is 16.4. The lowest BCUT2D eigenvalue weighted by molar-refractivity contribution is -0.133. The summed E-state index contributed by atoms with van der Waals surface area (Å²) in [5.41, 5.74) is 0.410. The number of nitrogens with zero attached hydrogens (tertiary/aromatic N) is 3. The van der Waals surface area contributed by atoms with Crippen molar-refractivity contribution >= 4 is 15.9 Å². The molecule has 1 amide bonds. The number of sulfonamides is 1. The van der Waals surface area contributed by atoms with Crippen LogP contribution in [0.4, 0.5) is 4.39 Å². The number of carbonyl (C=O) groups is 1. The molecule has 0 aromatic heterocycles. The van der Waals surface area contributed by atoms with E-state index in [1.807, 2.05) is 9.80 Å². The molecule has 3 rings (SSSR count). The minimum Gasteiger partial charge on any atom is -0.342 e. The van der Waals surface area contributed by atoms with Crippen LogP contribution in [0.15, 0.2) is 23.1 Å². The predicted octanol–water partition coefficient (Wildman–Crippen LogP) is 1.45. The number of amides is 1. The molecule has 2 fully saturated rings.